The summed E-state index contributed by atoms with van der Waals surface area (Å²) in [6, 6.07) is -0.907. The number of carboxylic acids is 1. The first-order chi connectivity index (χ1) is 11.1. The summed E-state index contributed by atoms with van der Waals surface area (Å²) >= 11 is 0. The zero-order valence-electron chi connectivity index (χ0n) is 13.0. The second-order valence-corrected chi connectivity index (χ2v) is 6.89. The summed E-state index contributed by atoms with van der Waals surface area (Å²) in [4.78, 5) is 11.2. The number of hydrogen-bond donors (Lipinski definition) is 8. The zero-order chi connectivity index (χ0) is 17.8. The SMILES string of the molecule is NN/N=C(\N)C(O)(O)CC1CCC23OC2(O)NC(C(=O)O)CC3C1. The molecule has 3 rings (SSSR count). The van der Waals surface area contributed by atoms with Gasteiger partial charge in [0, 0.05) is 6.42 Å². The Balaban J connectivity index is 1.70. The van der Waals surface area contributed by atoms with Crippen molar-refractivity contribution in [3.8, 4) is 0 Å². The lowest BCUT2D eigenvalue weighted by atomic mass is 9.67. The van der Waals surface area contributed by atoms with E-state index in [4.69, 9.17) is 16.3 Å². The van der Waals surface area contributed by atoms with Crippen molar-refractivity contribution in [3.63, 3.8) is 0 Å². The van der Waals surface area contributed by atoms with E-state index in [0.717, 1.165) is 0 Å². The van der Waals surface area contributed by atoms with Gasteiger partial charge in [0.1, 0.15) is 11.6 Å². The molecule has 11 heteroatoms. The van der Waals surface area contributed by atoms with Crippen LogP contribution in [0.15, 0.2) is 5.10 Å². The van der Waals surface area contributed by atoms with Gasteiger partial charge in [0.05, 0.1) is 0 Å². The Morgan fingerprint density at radius 1 is 1.46 bits per heavy atom. The second-order valence-electron chi connectivity index (χ2n) is 6.89. The van der Waals surface area contributed by atoms with Crippen molar-refractivity contribution in [2.24, 2.45) is 28.5 Å². The number of carbonyl (C=O) groups is 1. The van der Waals surface area contributed by atoms with Gasteiger partial charge in [-0.2, -0.15) is 0 Å². The molecular weight excluding hydrogens is 322 g/mol. The van der Waals surface area contributed by atoms with Crippen LogP contribution in [-0.4, -0.2) is 55.6 Å². The number of carboxylic acid groups (broad SMARTS) is 1. The molecule has 2 saturated heterocycles. The topological polar surface area (TPSA) is 199 Å². The molecule has 0 radical (unpaired) electrons. The summed E-state index contributed by atoms with van der Waals surface area (Å²) in [5.41, 5.74) is 6.60. The molecule has 1 spiro atoms. The first-order valence-electron chi connectivity index (χ1n) is 7.80. The van der Waals surface area contributed by atoms with E-state index in [1.54, 1.807) is 0 Å². The molecule has 5 atom stereocenters. The van der Waals surface area contributed by atoms with Gasteiger partial charge in [-0.3, -0.25) is 10.1 Å². The summed E-state index contributed by atoms with van der Waals surface area (Å²) in [7, 11) is 0. The number of hydrazine groups is 1. The second kappa shape index (κ2) is 5.51. The Labute approximate surface area is 137 Å². The predicted molar refractivity (Wildman–Crippen MR) is 79.5 cm³/mol. The van der Waals surface area contributed by atoms with Gasteiger partial charge in [0.25, 0.3) is 5.91 Å². The van der Waals surface area contributed by atoms with Crippen LogP contribution in [0.4, 0.5) is 0 Å². The van der Waals surface area contributed by atoms with E-state index in [2.05, 4.69) is 10.4 Å². The third-order valence-electron chi connectivity index (χ3n) is 5.42. The van der Waals surface area contributed by atoms with Crippen molar-refractivity contribution in [1.29, 1.82) is 0 Å². The molecule has 1 aliphatic carbocycles. The first-order valence-corrected chi connectivity index (χ1v) is 7.80. The zero-order valence-corrected chi connectivity index (χ0v) is 13.0. The average molecular weight is 345 g/mol. The molecular formula is C13H23N5O6. The molecule has 3 fully saturated rings. The van der Waals surface area contributed by atoms with Crippen molar-refractivity contribution >= 4 is 11.8 Å². The molecule has 24 heavy (non-hydrogen) atoms. The van der Waals surface area contributed by atoms with E-state index in [1.807, 2.05) is 5.53 Å². The van der Waals surface area contributed by atoms with Gasteiger partial charge in [0.15, 0.2) is 5.84 Å². The minimum atomic E-state index is -2.32. The molecule has 3 aliphatic rings. The highest BCUT2D eigenvalue weighted by Crippen LogP contribution is 2.61. The lowest BCUT2D eigenvalue weighted by molar-refractivity contribution is -0.145. The summed E-state index contributed by atoms with van der Waals surface area (Å²) in [6.07, 6.45) is 1.77. The van der Waals surface area contributed by atoms with Gasteiger partial charge in [-0.15, -0.1) is 5.10 Å². The largest absolute Gasteiger partial charge is 0.480 e. The van der Waals surface area contributed by atoms with E-state index in [0.29, 0.717) is 25.7 Å². The number of hydrazone groups is 1. The highest BCUT2D eigenvalue weighted by atomic mass is 16.8. The fourth-order valence-electron chi connectivity index (χ4n) is 4.18. The summed E-state index contributed by atoms with van der Waals surface area (Å²) in [5, 5.41) is 45.7. The number of hydrogen-bond acceptors (Lipinski definition) is 9. The molecule has 0 aromatic heterocycles. The first kappa shape index (κ1) is 17.3. The Hall–Kier alpha value is -1.50. The molecule has 136 valence electrons. The Morgan fingerprint density at radius 2 is 2.17 bits per heavy atom. The maximum Gasteiger partial charge on any atom is 0.320 e. The smallest absolute Gasteiger partial charge is 0.320 e. The van der Waals surface area contributed by atoms with E-state index >= 15 is 0 Å². The van der Waals surface area contributed by atoms with Crippen LogP contribution in [0.1, 0.15) is 32.1 Å². The van der Waals surface area contributed by atoms with Crippen LogP contribution in [0, 0.1) is 11.8 Å². The number of nitrogens with two attached hydrogens (primary N) is 2. The molecule has 0 bridgehead atoms. The molecule has 0 amide bonds. The lowest BCUT2D eigenvalue weighted by Gasteiger charge is -2.41. The number of nitrogens with one attached hydrogen (secondary N) is 2. The molecule has 0 aromatic rings. The fourth-order valence-corrected chi connectivity index (χ4v) is 4.18. The quantitative estimate of drug-likeness (QED) is 0.0637. The van der Waals surface area contributed by atoms with Crippen molar-refractivity contribution in [3.05, 3.63) is 0 Å². The van der Waals surface area contributed by atoms with Crippen molar-refractivity contribution in [2.75, 3.05) is 0 Å². The van der Waals surface area contributed by atoms with E-state index in [1.165, 1.54) is 0 Å². The van der Waals surface area contributed by atoms with Gasteiger partial charge in [-0.1, -0.05) is 0 Å². The van der Waals surface area contributed by atoms with Crippen LogP contribution in [0.2, 0.25) is 0 Å². The van der Waals surface area contributed by atoms with Gasteiger partial charge >= 0.3 is 5.97 Å². The Kier molecular flexibility index (Phi) is 3.98. The number of piperidine rings is 1. The van der Waals surface area contributed by atoms with Crippen LogP contribution >= 0.6 is 0 Å². The van der Waals surface area contributed by atoms with Crippen LogP contribution < -0.4 is 22.4 Å². The van der Waals surface area contributed by atoms with Gasteiger partial charge < -0.3 is 30.9 Å². The third-order valence-corrected chi connectivity index (χ3v) is 5.42. The molecule has 2 aliphatic heterocycles. The summed E-state index contributed by atoms with van der Waals surface area (Å²) in [5.74, 6) is -0.787. The Bertz CT molecular complexity index is 571. The number of aliphatic carboxylic acids is 1. The van der Waals surface area contributed by atoms with Crippen LogP contribution in [0.5, 0.6) is 0 Å². The standard InChI is InChI=1S/C13H23N5O6/c14-10(17-18-15)12(21,22)5-6-1-2-11-7(3-6)4-8(9(19)20)16-13(11,23)24-11/h6-8,16,18,21-23H,1-5,15H2,(H2,14,17)(H,19,20). The van der Waals surface area contributed by atoms with Crippen LogP contribution in [-0.2, 0) is 9.53 Å². The number of epoxide rings is 1. The third kappa shape index (κ3) is 2.62. The highest BCUT2D eigenvalue weighted by Gasteiger charge is 2.77. The minimum Gasteiger partial charge on any atom is -0.480 e. The number of aliphatic hydroxyl groups is 3. The van der Waals surface area contributed by atoms with E-state index in [9.17, 15) is 25.2 Å². The number of nitrogens with zero attached hydrogens (tertiary/aromatic N) is 1. The average Bonchev–Trinajstić information content (AvgIpc) is 3.10. The predicted octanol–water partition coefficient (Wildman–Crippen LogP) is -2.93. The van der Waals surface area contributed by atoms with Gasteiger partial charge in [-0.25, -0.2) is 11.4 Å². The fraction of sp³-hybridized carbons (Fsp3) is 0.846. The monoisotopic (exact) mass is 345 g/mol. The molecule has 5 unspecified atom stereocenters. The number of amidine groups is 1. The van der Waals surface area contributed by atoms with Crippen molar-refractivity contribution in [1.82, 2.24) is 10.9 Å². The van der Waals surface area contributed by atoms with Crippen molar-refractivity contribution in [2.45, 2.75) is 55.4 Å². The minimum absolute atomic E-state index is 0.0693. The number of rotatable bonds is 5. The molecule has 2 heterocycles. The lowest BCUT2D eigenvalue weighted by Crippen LogP contribution is -2.59. The van der Waals surface area contributed by atoms with Gasteiger partial charge in [0.2, 0.25) is 5.79 Å². The summed E-state index contributed by atoms with van der Waals surface area (Å²) in [6.45, 7) is 0. The summed E-state index contributed by atoms with van der Waals surface area (Å²) < 4.78 is 5.48. The van der Waals surface area contributed by atoms with E-state index < -0.39 is 35.1 Å². The number of ether oxygens (including phenoxy) is 1. The van der Waals surface area contributed by atoms with Crippen LogP contribution in [0.3, 0.4) is 0 Å². The molecule has 11 nitrogen and oxygen atoms in total. The van der Waals surface area contributed by atoms with Crippen molar-refractivity contribution < 1.29 is 30.0 Å². The normalized spacial score (nSPS) is 42.0. The Morgan fingerprint density at radius 3 is 2.79 bits per heavy atom. The highest BCUT2D eigenvalue weighted by molar-refractivity contribution is 5.86. The molecule has 1 saturated carbocycles. The maximum absolute atomic E-state index is 11.2. The van der Waals surface area contributed by atoms with Gasteiger partial charge in [-0.05, 0) is 37.5 Å². The maximum atomic E-state index is 11.2. The van der Waals surface area contributed by atoms with Crippen LogP contribution in [0.25, 0.3) is 0 Å². The molecule has 10 N–H and O–H groups in total. The molecule has 0 aromatic carbocycles. The van der Waals surface area contributed by atoms with E-state index in [-0.39, 0.29) is 18.3 Å².